The highest BCUT2D eigenvalue weighted by atomic mass is 35.5. The van der Waals surface area contributed by atoms with Gasteiger partial charge in [-0.1, -0.05) is 17.7 Å². The van der Waals surface area contributed by atoms with Crippen LogP contribution in [0.25, 0.3) is 0 Å². The first-order valence-corrected chi connectivity index (χ1v) is 11.1. The van der Waals surface area contributed by atoms with Crippen LogP contribution in [0.3, 0.4) is 0 Å². The van der Waals surface area contributed by atoms with Gasteiger partial charge >= 0.3 is 6.09 Å². The number of carbonyl (C=O) groups is 2. The smallest absolute Gasteiger partial charge is 0.410 e. The van der Waals surface area contributed by atoms with Crippen molar-refractivity contribution in [2.24, 2.45) is 0 Å². The fourth-order valence-electron chi connectivity index (χ4n) is 4.20. The average Bonchev–Trinajstić information content (AvgIpc) is 2.71. The molecule has 7 heteroatoms. The first-order chi connectivity index (χ1) is 15.0. The standard InChI is InChI=1S/C25H30ClFN2O3/c1-16-14-19(27)10-11-20(16)21-15-29(24(31)32-25(2,3)4)13-12-22(21)28(5)23(30)17-6-8-18(26)9-7-17/h6-11,14,21-22H,12-13,15H2,1-5H3/t21-,22+/m0/s1. The van der Waals surface area contributed by atoms with Crippen LogP contribution in [0.4, 0.5) is 9.18 Å². The van der Waals surface area contributed by atoms with Gasteiger partial charge in [-0.05, 0) is 81.6 Å². The summed E-state index contributed by atoms with van der Waals surface area (Å²) >= 11 is 5.96. The number of aryl methyl sites for hydroxylation is 1. The summed E-state index contributed by atoms with van der Waals surface area (Å²) in [5.41, 5.74) is 1.65. The van der Waals surface area contributed by atoms with Gasteiger partial charge in [0.05, 0.1) is 0 Å². The van der Waals surface area contributed by atoms with Crippen molar-refractivity contribution in [2.75, 3.05) is 20.1 Å². The molecule has 0 N–H and O–H groups in total. The molecule has 1 saturated heterocycles. The van der Waals surface area contributed by atoms with E-state index in [2.05, 4.69) is 0 Å². The van der Waals surface area contributed by atoms with E-state index in [1.807, 2.05) is 27.7 Å². The molecule has 3 rings (SSSR count). The Morgan fingerprint density at radius 2 is 1.81 bits per heavy atom. The molecule has 0 bridgehead atoms. The van der Waals surface area contributed by atoms with Crippen LogP contribution in [0.15, 0.2) is 42.5 Å². The number of ether oxygens (including phenoxy) is 1. The lowest BCUT2D eigenvalue weighted by atomic mass is 9.83. The van der Waals surface area contributed by atoms with Crippen molar-refractivity contribution in [1.29, 1.82) is 0 Å². The molecule has 0 radical (unpaired) electrons. The molecule has 1 aliphatic heterocycles. The Balaban J connectivity index is 1.90. The molecule has 172 valence electrons. The molecule has 0 aliphatic carbocycles. The number of benzene rings is 2. The van der Waals surface area contributed by atoms with E-state index in [1.54, 1.807) is 47.2 Å². The predicted octanol–water partition coefficient (Wildman–Crippen LogP) is 5.65. The van der Waals surface area contributed by atoms with Gasteiger partial charge in [-0.15, -0.1) is 0 Å². The van der Waals surface area contributed by atoms with Crippen molar-refractivity contribution >= 4 is 23.6 Å². The second-order valence-corrected chi connectivity index (χ2v) is 9.75. The topological polar surface area (TPSA) is 49.9 Å². The maximum Gasteiger partial charge on any atom is 0.410 e. The number of hydrogen-bond acceptors (Lipinski definition) is 3. The molecule has 1 heterocycles. The van der Waals surface area contributed by atoms with Crippen molar-refractivity contribution in [3.63, 3.8) is 0 Å². The van der Waals surface area contributed by atoms with E-state index in [0.29, 0.717) is 30.1 Å². The van der Waals surface area contributed by atoms with E-state index in [4.69, 9.17) is 16.3 Å². The Morgan fingerprint density at radius 1 is 1.16 bits per heavy atom. The van der Waals surface area contributed by atoms with Crippen LogP contribution in [0, 0.1) is 12.7 Å². The number of likely N-dealkylation sites (tertiary alicyclic amines) is 1. The van der Waals surface area contributed by atoms with Gasteiger partial charge in [-0.3, -0.25) is 4.79 Å². The fourth-order valence-corrected chi connectivity index (χ4v) is 4.33. The van der Waals surface area contributed by atoms with E-state index < -0.39 is 5.60 Å². The van der Waals surface area contributed by atoms with Crippen LogP contribution in [0.5, 0.6) is 0 Å². The predicted molar refractivity (Wildman–Crippen MR) is 124 cm³/mol. The normalized spacial score (nSPS) is 18.9. The van der Waals surface area contributed by atoms with Crippen LogP contribution in [0.2, 0.25) is 5.02 Å². The van der Waals surface area contributed by atoms with Crippen LogP contribution in [-0.4, -0.2) is 53.6 Å². The highest BCUT2D eigenvalue weighted by molar-refractivity contribution is 6.30. The number of rotatable bonds is 3. The van der Waals surface area contributed by atoms with Crippen LogP contribution < -0.4 is 0 Å². The van der Waals surface area contributed by atoms with Gasteiger partial charge in [0.1, 0.15) is 11.4 Å². The molecule has 0 spiro atoms. The number of carbonyl (C=O) groups excluding carboxylic acids is 2. The molecule has 2 atom stereocenters. The first-order valence-electron chi connectivity index (χ1n) is 10.7. The molecule has 0 unspecified atom stereocenters. The zero-order chi connectivity index (χ0) is 23.6. The van der Waals surface area contributed by atoms with E-state index >= 15 is 0 Å². The maximum atomic E-state index is 13.8. The third kappa shape index (κ3) is 5.60. The van der Waals surface area contributed by atoms with Crippen molar-refractivity contribution in [3.8, 4) is 0 Å². The van der Waals surface area contributed by atoms with Gasteiger partial charge in [0.15, 0.2) is 0 Å². The van der Waals surface area contributed by atoms with Crippen LogP contribution >= 0.6 is 11.6 Å². The van der Waals surface area contributed by atoms with E-state index in [9.17, 15) is 14.0 Å². The minimum Gasteiger partial charge on any atom is -0.444 e. The molecule has 32 heavy (non-hydrogen) atoms. The molecule has 5 nitrogen and oxygen atoms in total. The van der Waals surface area contributed by atoms with E-state index in [1.165, 1.54) is 12.1 Å². The largest absolute Gasteiger partial charge is 0.444 e. The lowest BCUT2D eigenvalue weighted by Crippen LogP contribution is -2.52. The number of piperidine rings is 1. The Kier molecular flexibility index (Phi) is 7.13. The monoisotopic (exact) mass is 460 g/mol. The van der Waals surface area contributed by atoms with Crippen molar-refractivity contribution in [1.82, 2.24) is 9.80 Å². The Hall–Kier alpha value is -2.60. The summed E-state index contributed by atoms with van der Waals surface area (Å²) < 4.78 is 19.4. The minimum absolute atomic E-state index is 0.123. The Morgan fingerprint density at radius 3 is 2.41 bits per heavy atom. The zero-order valence-corrected chi connectivity index (χ0v) is 19.9. The number of hydrogen-bond donors (Lipinski definition) is 0. The summed E-state index contributed by atoms with van der Waals surface area (Å²) in [5.74, 6) is -0.617. The lowest BCUT2D eigenvalue weighted by molar-refractivity contribution is 0.0124. The molecule has 2 aromatic rings. The molecule has 0 aromatic heterocycles. The Bertz CT molecular complexity index is 988. The summed E-state index contributed by atoms with van der Waals surface area (Å²) in [6, 6.07) is 11.3. The fraction of sp³-hybridized carbons (Fsp3) is 0.440. The highest BCUT2D eigenvalue weighted by Gasteiger charge is 2.38. The van der Waals surface area contributed by atoms with E-state index in [-0.39, 0.29) is 29.8 Å². The summed E-state index contributed by atoms with van der Waals surface area (Å²) in [4.78, 5) is 29.3. The van der Waals surface area contributed by atoms with Gasteiger partial charge in [-0.2, -0.15) is 0 Å². The lowest BCUT2D eigenvalue weighted by Gasteiger charge is -2.43. The third-order valence-corrected chi connectivity index (χ3v) is 6.02. The minimum atomic E-state index is -0.601. The molecule has 2 amide bonds. The molecular formula is C25H30ClFN2O3. The summed E-state index contributed by atoms with van der Waals surface area (Å²) in [6.07, 6.45) is 0.198. The summed E-state index contributed by atoms with van der Waals surface area (Å²) in [6.45, 7) is 8.19. The van der Waals surface area contributed by atoms with Crippen molar-refractivity contribution in [3.05, 3.63) is 70.0 Å². The first kappa shape index (κ1) is 24.1. The molecule has 1 aliphatic rings. The van der Waals surface area contributed by atoms with E-state index in [0.717, 1.165) is 11.1 Å². The molecule has 2 aromatic carbocycles. The number of likely N-dealkylation sites (N-methyl/N-ethyl adjacent to an activating group) is 1. The van der Waals surface area contributed by atoms with Crippen molar-refractivity contribution in [2.45, 2.75) is 51.7 Å². The van der Waals surface area contributed by atoms with Crippen LogP contribution in [0.1, 0.15) is 54.6 Å². The number of halogens is 2. The van der Waals surface area contributed by atoms with Gasteiger partial charge < -0.3 is 14.5 Å². The molecule has 0 saturated carbocycles. The summed E-state index contributed by atoms with van der Waals surface area (Å²) in [5, 5.41) is 0.565. The number of nitrogens with zero attached hydrogens (tertiary/aromatic N) is 2. The second-order valence-electron chi connectivity index (χ2n) is 9.31. The molecular weight excluding hydrogens is 431 g/mol. The van der Waals surface area contributed by atoms with Gasteiger partial charge in [-0.25, -0.2) is 9.18 Å². The quantitative estimate of drug-likeness (QED) is 0.594. The zero-order valence-electron chi connectivity index (χ0n) is 19.2. The molecule has 1 fully saturated rings. The maximum absolute atomic E-state index is 13.8. The van der Waals surface area contributed by atoms with Gasteiger partial charge in [0, 0.05) is 42.7 Å². The number of amides is 2. The van der Waals surface area contributed by atoms with Gasteiger partial charge in [0.25, 0.3) is 5.91 Å². The Labute approximate surface area is 194 Å². The SMILES string of the molecule is Cc1cc(F)ccc1[C@@H]1CN(C(=O)OC(C)(C)C)CC[C@H]1N(C)C(=O)c1ccc(Cl)cc1. The third-order valence-electron chi connectivity index (χ3n) is 5.77. The second kappa shape index (κ2) is 9.49. The van der Waals surface area contributed by atoms with Crippen LogP contribution in [-0.2, 0) is 4.74 Å². The average molecular weight is 461 g/mol. The van der Waals surface area contributed by atoms with Gasteiger partial charge in [0.2, 0.25) is 0 Å². The highest BCUT2D eigenvalue weighted by Crippen LogP contribution is 2.34. The summed E-state index contributed by atoms with van der Waals surface area (Å²) in [7, 11) is 1.77. The van der Waals surface area contributed by atoms with Crippen molar-refractivity contribution < 1.29 is 18.7 Å².